The molecule has 0 unspecified atom stereocenters. The first kappa shape index (κ1) is 16.4. The Morgan fingerprint density at radius 2 is 2.32 bits per heavy atom. The van der Waals surface area contributed by atoms with Gasteiger partial charge in [0.1, 0.15) is 0 Å². The fraction of sp³-hybridized carbons (Fsp3) is 0.0833. The Morgan fingerprint density at radius 3 is 3.00 bits per heavy atom. The Labute approximate surface area is 138 Å². The summed E-state index contributed by atoms with van der Waals surface area (Å²) in [5, 5.41) is 21.4. The van der Waals surface area contributed by atoms with Gasteiger partial charge in [0.25, 0.3) is 11.6 Å². The minimum Gasteiger partial charge on any atom is -0.296 e. The van der Waals surface area contributed by atoms with Crippen LogP contribution in [-0.2, 0) is 0 Å². The third kappa shape index (κ3) is 4.03. The Morgan fingerprint density at radius 1 is 1.55 bits per heavy atom. The number of hydrogen-bond donors (Lipinski definition) is 1. The maximum Gasteiger partial charge on any atom is 0.270 e. The molecule has 22 heavy (non-hydrogen) atoms. The third-order valence-corrected chi connectivity index (χ3v) is 4.65. The van der Waals surface area contributed by atoms with E-state index in [4.69, 9.17) is 11.6 Å². The SMILES string of the molecule is C=CCSc1nnc(NC(=O)c2cc([N+](=O)[O-])ccc2Cl)s1. The summed E-state index contributed by atoms with van der Waals surface area (Å²) in [6.45, 7) is 3.60. The molecule has 0 bridgehead atoms. The number of amides is 1. The third-order valence-electron chi connectivity index (χ3n) is 2.36. The number of thioether (sulfide) groups is 1. The van der Waals surface area contributed by atoms with Crippen LogP contribution in [0.5, 0.6) is 0 Å². The van der Waals surface area contributed by atoms with E-state index in [1.54, 1.807) is 6.08 Å². The van der Waals surface area contributed by atoms with E-state index in [0.717, 1.165) is 6.07 Å². The van der Waals surface area contributed by atoms with Gasteiger partial charge in [-0.25, -0.2) is 0 Å². The number of rotatable bonds is 6. The van der Waals surface area contributed by atoms with Crippen molar-refractivity contribution in [3.8, 4) is 0 Å². The first-order chi connectivity index (χ1) is 10.5. The Kier molecular flexibility index (Phi) is 5.47. The molecular formula is C12H9ClN4O3S2. The summed E-state index contributed by atoms with van der Waals surface area (Å²) >= 11 is 8.53. The highest BCUT2D eigenvalue weighted by molar-refractivity contribution is 8.01. The van der Waals surface area contributed by atoms with E-state index in [1.807, 2.05) is 0 Å². The number of hydrogen-bond acceptors (Lipinski definition) is 7. The lowest BCUT2D eigenvalue weighted by Crippen LogP contribution is -2.12. The minimum atomic E-state index is -0.595. The van der Waals surface area contributed by atoms with Crippen molar-refractivity contribution >= 4 is 51.4 Å². The molecule has 1 heterocycles. The lowest BCUT2D eigenvalue weighted by Gasteiger charge is -2.03. The second kappa shape index (κ2) is 7.34. The summed E-state index contributed by atoms with van der Waals surface area (Å²) in [7, 11) is 0. The number of benzene rings is 1. The zero-order valence-electron chi connectivity index (χ0n) is 11.0. The van der Waals surface area contributed by atoms with Crippen molar-refractivity contribution in [2.45, 2.75) is 4.34 Å². The molecular weight excluding hydrogens is 348 g/mol. The normalized spacial score (nSPS) is 10.2. The van der Waals surface area contributed by atoms with E-state index in [0.29, 0.717) is 15.2 Å². The van der Waals surface area contributed by atoms with Crippen LogP contribution < -0.4 is 5.32 Å². The van der Waals surface area contributed by atoms with E-state index in [-0.39, 0.29) is 16.3 Å². The summed E-state index contributed by atoms with van der Waals surface area (Å²) in [5.41, 5.74) is -0.208. The van der Waals surface area contributed by atoms with Gasteiger partial charge in [0.05, 0.1) is 15.5 Å². The quantitative estimate of drug-likeness (QED) is 0.279. The number of nitrogens with zero attached hydrogens (tertiary/aromatic N) is 3. The van der Waals surface area contributed by atoms with E-state index >= 15 is 0 Å². The molecule has 1 aromatic heterocycles. The number of carbonyl (C=O) groups is 1. The lowest BCUT2D eigenvalue weighted by molar-refractivity contribution is -0.384. The number of non-ortho nitro benzene ring substituents is 1. The second-order valence-electron chi connectivity index (χ2n) is 3.85. The summed E-state index contributed by atoms with van der Waals surface area (Å²) < 4.78 is 0.681. The van der Waals surface area contributed by atoms with Crippen molar-refractivity contribution in [3.63, 3.8) is 0 Å². The summed E-state index contributed by atoms with van der Waals surface area (Å²) in [4.78, 5) is 22.3. The molecule has 0 atom stereocenters. The van der Waals surface area contributed by atoms with Gasteiger partial charge < -0.3 is 0 Å². The second-order valence-corrected chi connectivity index (χ2v) is 6.50. The maximum atomic E-state index is 12.1. The number of nitrogens with one attached hydrogen (secondary N) is 1. The van der Waals surface area contributed by atoms with Crippen molar-refractivity contribution in [2.24, 2.45) is 0 Å². The van der Waals surface area contributed by atoms with Crippen LogP contribution >= 0.6 is 34.7 Å². The first-order valence-electron chi connectivity index (χ1n) is 5.83. The van der Waals surface area contributed by atoms with Gasteiger partial charge in [0, 0.05) is 17.9 Å². The number of halogens is 1. The van der Waals surface area contributed by atoms with Crippen LogP contribution in [-0.4, -0.2) is 26.8 Å². The van der Waals surface area contributed by atoms with Gasteiger partial charge in [-0.05, 0) is 6.07 Å². The highest BCUT2D eigenvalue weighted by Gasteiger charge is 2.17. The van der Waals surface area contributed by atoms with Crippen LogP contribution in [0.15, 0.2) is 35.2 Å². The largest absolute Gasteiger partial charge is 0.296 e. The molecule has 1 N–H and O–H groups in total. The molecule has 0 radical (unpaired) electrons. The maximum absolute atomic E-state index is 12.1. The highest BCUT2D eigenvalue weighted by atomic mass is 35.5. The van der Waals surface area contributed by atoms with E-state index in [2.05, 4.69) is 22.1 Å². The Bertz CT molecular complexity index is 735. The molecule has 0 saturated carbocycles. The van der Waals surface area contributed by atoms with Crippen LogP contribution in [0.1, 0.15) is 10.4 Å². The molecule has 2 aromatic rings. The van der Waals surface area contributed by atoms with Gasteiger partial charge in [-0.2, -0.15) is 0 Å². The van der Waals surface area contributed by atoms with Crippen molar-refractivity contribution in [1.82, 2.24) is 10.2 Å². The van der Waals surface area contributed by atoms with Crippen LogP contribution in [0, 0.1) is 10.1 Å². The smallest absolute Gasteiger partial charge is 0.270 e. The van der Waals surface area contributed by atoms with Crippen molar-refractivity contribution < 1.29 is 9.72 Å². The minimum absolute atomic E-state index is 0.00589. The summed E-state index contributed by atoms with van der Waals surface area (Å²) in [5.74, 6) is 0.101. The summed E-state index contributed by atoms with van der Waals surface area (Å²) in [6, 6.07) is 3.65. The van der Waals surface area contributed by atoms with E-state index in [1.165, 1.54) is 35.2 Å². The van der Waals surface area contributed by atoms with Gasteiger partial charge in [0.2, 0.25) is 5.13 Å². The number of carbonyl (C=O) groups excluding carboxylic acids is 1. The molecule has 0 aliphatic rings. The molecule has 0 aliphatic heterocycles. The average Bonchev–Trinajstić information content (AvgIpc) is 2.92. The number of anilines is 1. The lowest BCUT2D eigenvalue weighted by atomic mass is 10.2. The fourth-order valence-corrected chi connectivity index (χ4v) is 3.13. The first-order valence-corrected chi connectivity index (χ1v) is 8.01. The number of aromatic nitrogens is 2. The van der Waals surface area contributed by atoms with Gasteiger partial charge in [-0.1, -0.05) is 40.8 Å². The Hall–Kier alpha value is -1.97. The van der Waals surface area contributed by atoms with Gasteiger partial charge in [0.15, 0.2) is 4.34 Å². The predicted molar refractivity (Wildman–Crippen MR) is 86.9 cm³/mol. The standard InChI is InChI=1S/C12H9ClN4O3S2/c1-2-5-21-12-16-15-11(22-12)14-10(18)8-6-7(17(19)20)3-4-9(8)13/h2-4,6H,1,5H2,(H,14,15,18). The monoisotopic (exact) mass is 356 g/mol. The molecule has 1 aromatic carbocycles. The highest BCUT2D eigenvalue weighted by Crippen LogP contribution is 2.27. The molecule has 10 heteroatoms. The van der Waals surface area contributed by atoms with Crippen LogP contribution in [0.2, 0.25) is 5.02 Å². The van der Waals surface area contributed by atoms with Gasteiger partial charge in [-0.3, -0.25) is 20.2 Å². The van der Waals surface area contributed by atoms with Gasteiger partial charge in [-0.15, -0.1) is 16.8 Å². The van der Waals surface area contributed by atoms with Crippen molar-refractivity contribution in [3.05, 3.63) is 51.6 Å². The van der Waals surface area contributed by atoms with Crippen LogP contribution in [0.3, 0.4) is 0 Å². The van der Waals surface area contributed by atoms with Crippen LogP contribution in [0.4, 0.5) is 10.8 Å². The van der Waals surface area contributed by atoms with E-state index < -0.39 is 10.8 Å². The zero-order valence-corrected chi connectivity index (χ0v) is 13.4. The molecule has 7 nitrogen and oxygen atoms in total. The van der Waals surface area contributed by atoms with Crippen molar-refractivity contribution in [1.29, 1.82) is 0 Å². The van der Waals surface area contributed by atoms with Gasteiger partial charge >= 0.3 is 0 Å². The topological polar surface area (TPSA) is 98.0 Å². The fourth-order valence-electron chi connectivity index (χ4n) is 1.41. The molecule has 0 fully saturated rings. The number of nitro benzene ring substituents is 1. The zero-order chi connectivity index (χ0) is 16.1. The molecule has 0 spiro atoms. The predicted octanol–water partition coefficient (Wildman–Crippen LogP) is 3.63. The number of nitro groups is 1. The molecule has 0 saturated heterocycles. The summed E-state index contributed by atoms with van der Waals surface area (Å²) in [6.07, 6.45) is 1.73. The average molecular weight is 357 g/mol. The molecule has 1 amide bonds. The molecule has 0 aliphatic carbocycles. The van der Waals surface area contributed by atoms with E-state index in [9.17, 15) is 14.9 Å². The van der Waals surface area contributed by atoms with Crippen molar-refractivity contribution in [2.75, 3.05) is 11.1 Å². The van der Waals surface area contributed by atoms with Crippen LogP contribution in [0.25, 0.3) is 0 Å². The molecule has 2 rings (SSSR count). The molecule has 114 valence electrons. The Balaban J connectivity index is 2.15.